The van der Waals surface area contributed by atoms with Crippen LogP contribution in [0.1, 0.15) is 16.6 Å². The third kappa shape index (κ3) is 2.73. The van der Waals surface area contributed by atoms with Gasteiger partial charge in [-0.05, 0) is 22.9 Å². The Labute approximate surface area is 112 Å². The molecule has 1 aromatic carbocycles. The number of nitrogens with zero attached hydrogens (tertiary/aromatic N) is 1. The van der Waals surface area contributed by atoms with E-state index in [2.05, 4.69) is 20.9 Å². The molecule has 1 aromatic heterocycles. The van der Waals surface area contributed by atoms with Gasteiger partial charge in [-0.2, -0.15) is 0 Å². The van der Waals surface area contributed by atoms with Gasteiger partial charge in [-0.15, -0.1) is 11.3 Å². The van der Waals surface area contributed by atoms with Crippen LogP contribution in [0.15, 0.2) is 34.9 Å². The van der Waals surface area contributed by atoms with Crippen LogP contribution in [0.2, 0.25) is 0 Å². The first kappa shape index (κ1) is 12.3. The summed E-state index contributed by atoms with van der Waals surface area (Å²) in [6, 6.07) is 9.74. The lowest BCUT2D eigenvalue weighted by Gasteiger charge is -1.97. The molecule has 2 aromatic rings. The average molecular weight is 312 g/mol. The van der Waals surface area contributed by atoms with Gasteiger partial charge >= 0.3 is 5.97 Å². The maximum atomic E-state index is 11.6. The summed E-state index contributed by atoms with van der Waals surface area (Å²) in [5, 5.41) is 0.806. The quantitative estimate of drug-likeness (QED) is 0.810. The molecule has 0 aliphatic heterocycles. The molecule has 3 nitrogen and oxygen atoms in total. The summed E-state index contributed by atoms with van der Waals surface area (Å²) in [6.45, 7) is 2.15. The number of hydrogen-bond donors (Lipinski definition) is 0. The second-order valence-electron chi connectivity index (χ2n) is 3.23. The van der Waals surface area contributed by atoms with Gasteiger partial charge in [-0.1, -0.05) is 30.3 Å². The van der Waals surface area contributed by atoms with Crippen molar-refractivity contribution in [3.8, 4) is 10.6 Å². The van der Waals surface area contributed by atoms with Crippen molar-refractivity contribution < 1.29 is 9.53 Å². The van der Waals surface area contributed by atoms with Crippen LogP contribution in [0.4, 0.5) is 0 Å². The number of halogens is 1. The molecule has 1 heterocycles. The molecular formula is C12H10BrNO2S. The highest BCUT2D eigenvalue weighted by Gasteiger charge is 2.17. The normalized spacial score (nSPS) is 10.2. The number of esters is 1. The van der Waals surface area contributed by atoms with Crippen molar-refractivity contribution in [2.45, 2.75) is 6.92 Å². The predicted molar refractivity (Wildman–Crippen MR) is 71.2 cm³/mol. The summed E-state index contributed by atoms with van der Waals surface area (Å²) in [5.41, 5.74) is 0.994. The van der Waals surface area contributed by atoms with Gasteiger partial charge in [-0.25, -0.2) is 9.78 Å². The lowest BCUT2D eigenvalue weighted by Crippen LogP contribution is -2.02. The molecule has 0 fully saturated rings. The first-order chi connectivity index (χ1) is 8.22. The predicted octanol–water partition coefficient (Wildman–Crippen LogP) is 3.75. The lowest BCUT2D eigenvalue weighted by atomic mass is 10.2. The Bertz CT molecular complexity index is 525. The fraction of sp³-hybridized carbons (Fsp3) is 0.167. The molecular weight excluding hydrogens is 302 g/mol. The topological polar surface area (TPSA) is 39.2 Å². The number of ether oxygens (including phenoxy) is 1. The molecule has 5 heteroatoms. The summed E-state index contributed by atoms with van der Waals surface area (Å²) in [7, 11) is 0. The maximum absolute atomic E-state index is 11.6. The van der Waals surface area contributed by atoms with Crippen LogP contribution in [0.5, 0.6) is 0 Å². The highest BCUT2D eigenvalue weighted by molar-refractivity contribution is 9.10. The van der Waals surface area contributed by atoms with E-state index in [4.69, 9.17) is 4.74 Å². The number of hydrogen-bond acceptors (Lipinski definition) is 4. The third-order valence-electron chi connectivity index (χ3n) is 2.07. The second kappa shape index (κ2) is 5.42. The van der Waals surface area contributed by atoms with Crippen LogP contribution in [-0.4, -0.2) is 17.6 Å². The molecule has 0 spiro atoms. The van der Waals surface area contributed by atoms with Gasteiger partial charge in [0.15, 0.2) is 0 Å². The summed E-state index contributed by atoms with van der Waals surface area (Å²) >= 11 is 4.61. The van der Waals surface area contributed by atoms with E-state index < -0.39 is 0 Å². The molecule has 0 amide bonds. The monoisotopic (exact) mass is 311 g/mol. The molecule has 0 atom stereocenters. The Kier molecular flexibility index (Phi) is 3.91. The van der Waals surface area contributed by atoms with Gasteiger partial charge in [0.1, 0.15) is 14.5 Å². The summed E-state index contributed by atoms with van der Waals surface area (Å²) in [5.74, 6) is -0.334. The fourth-order valence-corrected chi connectivity index (χ4v) is 2.88. The Morgan fingerprint density at radius 2 is 2.12 bits per heavy atom. The van der Waals surface area contributed by atoms with E-state index in [-0.39, 0.29) is 5.97 Å². The van der Waals surface area contributed by atoms with E-state index in [9.17, 15) is 4.79 Å². The van der Waals surface area contributed by atoms with Crippen molar-refractivity contribution in [2.75, 3.05) is 6.61 Å². The zero-order valence-electron chi connectivity index (χ0n) is 9.14. The van der Waals surface area contributed by atoms with Crippen molar-refractivity contribution in [1.29, 1.82) is 0 Å². The Hall–Kier alpha value is -1.20. The highest BCUT2D eigenvalue weighted by atomic mass is 79.9. The van der Waals surface area contributed by atoms with E-state index in [0.29, 0.717) is 16.1 Å². The van der Waals surface area contributed by atoms with Crippen molar-refractivity contribution in [3.63, 3.8) is 0 Å². The molecule has 2 rings (SSSR count). The number of thiazole rings is 1. The van der Waals surface area contributed by atoms with Gasteiger partial charge in [0.2, 0.25) is 0 Å². The minimum absolute atomic E-state index is 0.334. The lowest BCUT2D eigenvalue weighted by molar-refractivity contribution is 0.0531. The molecule has 0 bridgehead atoms. The zero-order chi connectivity index (χ0) is 12.3. The molecule has 0 saturated heterocycles. The summed E-state index contributed by atoms with van der Waals surface area (Å²) in [6.07, 6.45) is 0. The smallest absolute Gasteiger partial charge is 0.351 e. The van der Waals surface area contributed by atoms with Crippen LogP contribution >= 0.6 is 27.3 Å². The van der Waals surface area contributed by atoms with Gasteiger partial charge in [0, 0.05) is 5.56 Å². The molecule has 17 heavy (non-hydrogen) atoms. The van der Waals surface area contributed by atoms with E-state index in [0.717, 1.165) is 10.6 Å². The van der Waals surface area contributed by atoms with Crippen LogP contribution in [0.25, 0.3) is 10.6 Å². The first-order valence-corrected chi connectivity index (χ1v) is 6.72. The maximum Gasteiger partial charge on any atom is 0.351 e. The van der Waals surface area contributed by atoms with E-state index in [1.807, 2.05) is 30.3 Å². The first-order valence-electron chi connectivity index (χ1n) is 5.11. The summed E-state index contributed by atoms with van der Waals surface area (Å²) < 4.78 is 5.50. The fourth-order valence-electron chi connectivity index (χ4n) is 1.33. The van der Waals surface area contributed by atoms with E-state index in [1.165, 1.54) is 11.3 Å². The van der Waals surface area contributed by atoms with Crippen LogP contribution in [0.3, 0.4) is 0 Å². The third-order valence-corrected chi connectivity index (χ3v) is 3.99. The second-order valence-corrected chi connectivity index (χ2v) is 4.98. The SMILES string of the molecule is CCOC(=O)c1sc(-c2ccccc2)nc1Br. The average Bonchev–Trinajstić information content (AvgIpc) is 2.73. The number of carbonyl (C=O) groups excluding carboxylic acids is 1. The molecule has 0 unspecified atom stereocenters. The molecule has 0 N–H and O–H groups in total. The summed E-state index contributed by atoms with van der Waals surface area (Å²) in [4.78, 5) is 16.5. The largest absolute Gasteiger partial charge is 0.462 e. The van der Waals surface area contributed by atoms with E-state index >= 15 is 0 Å². The van der Waals surface area contributed by atoms with Crippen LogP contribution in [-0.2, 0) is 4.74 Å². The number of carbonyl (C=O) groups is 1. The molecule has 88 valence electrons. The van der Waals surface area contributed by atoms with Gasteiger partial charge < -0.3 is 4.74 Å². The van der Waals surface area contributed by atoms with E-state index in [1.54, 1.807) is 6.92 Å². The van der Waals surface area contributed by atoms with Crippen molar-refractivity contribution in [1.82, 2.24) is 4.98 Å². The highest BCUT2D eigenvalue weighted by Crippen LogP contribution is 2.31. The number of rotatable bonds is 3. The minimum Gasteiger partial charge on any atom is -0.462 e. The molecule has 0 radical (unpaired) electrons. The zero-order valence-corrected chi connectivity index (χ0v) is 11.5. The van der Waals surface area contributed by atoms with Gasteiger partial charge in [0.05, 0.1) is 6.61 Å². The number of aromatic nitrogens is 1. The Morgan fingerprint density at radius 3 is 2.76 bits per heavy atom. The van der Waals surface area contributed by atoms with Gasteiger partial charge in [-0.3, -0.25) is 0 Å². The molecule has 0 aliphatic rings. The standard InChI is InChI=1S/C12H10BrNO2S/c1-2-16-12(15)9-10(13)14-11(17-9)8-6-4-3-5-7-8/h3-7H,2H2,1H3. The number of benzene rings is 1. The molecule has 0 saturated carbocycles. The minimum atomic E-state index is -0.334. The van der Waals surface area contributed by atoms with Crippen molar-refractivity contribution >= 4 is 33.2 Å². The van der Waals surface area contributed by atoms with Crippen LogP contribution in [0, 0.1) is 0 Å². The molecule has 0 aliphatic carbocycles. The van der Waals surface area contributed by atoms with Crippen LogP contribution < -0.4 is 0 Å². The van der Waals surface area contributed by atoms with Crippen molar-refractivity contribution in [3.05, 3.63) is 39.8 Å². The Balaban J connectivity index is 2.34. The van der Waals surface area contributed by atoms with Gasteiger partial charge in [0.25, 0.3) is 0 Å². The van der Waals surface area contributed by atoms with Crippen molar-refractivity contribution in [2.24, 2.45) is 0 Å². The Morgan fingerprint density at radius 1 is 1.41 bits per heavy atom.